The second-order valence-electron chi connectivity index (χ2n) is 6.44. The van der Waals surface area contributed by atoms with Crippen LogP contribution >= 0.6 is 11.3 Å². The number of tetrazole rings is 1. The third kappa shape index (κ3) is 2.63. The first-order valence-corrected chi connectivity index (χ1v) is 9.53. The average molecular weight is 346 g/mol. The van der Waals surface area contributed by atoms with Gasteiger partial charge >= 0.3 is 0 Å². The van der Waals surface area contributed by atoms with E-state index in [1.807, 2.05) is 11.4 Å². The highest BCUT2D eigenvalue weighted by Crippen LogP contribution is 2.32. The molecule has 0 spiro atoms. The molecule has 2 atom stereocenters. The Morgan fingerprint density at radius 2 is 2.12 bits per heavy atom. The molecule has 2 aliphatic heterocycles. The van der Waals surface area contributed by atoms with Crippen molar-refractivity contribution in [3.05, 3.63) is 22.7 Å². The smallest absolute Gasteiger partial charge is 0.266 e. The fourth-order valence-electron chi connectivity index (χ4n) is 4.17. The van der Waals surface area contributed by atoms with Gasteiger partial charge in [0.2, 0.25) is 0 Å². The van der Waals surface area contributed by atoms with Crippen molar-refractivity contribution >= 4 is 17.2 Å². The zero-order valence-electron chi connectivity index (χ0n) is 13.8. The summed E-state index contributed by atoms with van der Waals surface area (Å²) in [4.78, 5) is 18.6. The van der Waals surface area contributed by atoms with Gasteiger partial charge in [-0.15, -0.1) is 16.4 Å². The second kappa shape index (κ2) is 6.60. The number of rotatable bonds is 4. The fourth-order valence-corrected chi connectivity index (χ4v) is 5.00. The summed E-state index contributed by atoms with van der Waals surface area (Å²) in [6.45, 7) is 5.30. The van der Waals surface area contributed by atoms with Crippen molar-refractivity contribution in [1.82, 2.24) is 30.0 Å². The Labute approximate surface area is 145 Å². The standard InChI is InChI=1S/C16H22N6OS/c1-2-20-8-3-5-12(20)13-6-4-9-21(13)16(23)15-14(7-10-24-15)22-11-17-18-19-22/h7,10-13H,2-6,8-9H2,1H3/t12-,13-/m1/s1. The van der Waals surface area contributed by atoms with E-state index < -0.39 is 0 Å². The van der Waals surface area contributed by atoms with E-state index >= 15 is 0 Å². The Kier molecular flexibility index (Phi) is 4.32. The monoisotopic (exact) mass is 346 g/mol. The lowest BCUT2D eigenvalue weighted by Gasteiger charge is -2.34. The summed E-state index contributed by atoms with van der Waals surface area (Å²) in [5.41, 5.74) is 0.777. The molecule has 0 radical (unpaired) electrons. The molecule has 0 aromatic carbocycles. The topological polar surface area (TPSA) is 67.2 Å². The number of hydrogen-bond donors (Lipinski definition) is 0. The van der Waals surface area contributed by atoms with Crippen LogP contribution in [0.5, 0.6) is 0 Å². The Morgan fingerprint density at radius 1 is 1.29 bits per heavy atom. The minimum atomic E-state index is 0.126. The Hall–Kier alpha value is -1.80. The van der Waals surface area contributed by atoms with Crippen LogP contribution in [0.4, 0.5) is 0 Å². The molecule has 0 bridgehead atoms. The lowest BCUT2D eigenvalue weighted by Crippen LogP contribution is -2.48. The van der Waals surface area contributed by atoms with E-state index in [9.17, 15) is 4.79 Å². The number of likely N-dealkylation sites (N-methyl/N-ethyl adjacent to an activating group) is 1. The molecule has 2 fully saturated rings. The quantitative estimate of drug-likeness (QED) is 0.845. The van der Waals surface area contributed by atoms with Crippen molar-refractivity contribution < 1.29 is 4.79 Å². The molecule has 2 aliphatic rings. The molecular formula is C16H22N6OS. The largest absolute Gasteiger partial charge is 0.333 e. The minimum Gasteiger partial charge on any atom is -0.333 e. The van der Waals surface area contributed by atoms with Crippen LogP contribution in [0, 0.1) is 0 Å². The first-order chi connectivity index (χ1) is 11.8. The lowest BCUT2D eigenvalue weighted by molar-refractivity contribution is 0.0654. The van der Waals surface area contributed by atoms with Crippen LogP contribution in [-0.2, 0) is 0 Å². The Balaban J connectivity index is 1.59. The van der Waals surface area contributed by atoms with Crippen LogP contribution in [0.25, 0.3) is 5.69 Å². The van der Waals surface area contributed by atoms with Gasteiger partial charge in [-0.25, -0.2) is 0 Å². The van der Waals surface area contributed by atoms with Gasteiger partial charge in [0.1, 0.15) is 11.2 Å². The highest BCUT2D eigenvalue weighted by atomic mass is 32.1. The van der Waals surface area contributed by atoms with Crippen molar-refractivity contribution in [1.29, 1.82) is 0 Å². The number of carbonyl (C=O) groups is 1. The third-order valence-corrected chi connectivity index (χ3v) is 6.15. The summed E-state index contributed by atoms with van der Waals surface area (Å²) in [6, 6.07) is 2.76. The van der Waals surface area contributed by atoms with Gasteiger partial charge < -0.3 is 4.90 Å². The van der Waals surface area contributed by atoms with Gasteiger partial charge in [0.05, 0.1) is 5.69 Å². The van der Waals surface area contributed by atoms with Crippen LogP contribution in [0.15, 0.2) is 17.8 Å². The number of amides is 1. The van der Waals surface area contributed by atoms with E-state index in [0.717, 1.165) is 43.0 Å². The first kappa shape index (κ1) is 15.7. The van der Waals surface area contributed by atoms with Crippen molar-refractivity contribution in [3.63, 3.8) is 0 Å². The van der Waals surface area contributed by atoms with Gasteiger partial charge in [0.25, 0.3) is 5.91 Å². The van der Waals surface area contributed by atoms with Gasteiger partial charge in [0.15, 0.2) is 0 Å². The molecule has 4 rings (SSSR count). The predicted octanol–water partition coefficient (Wildman–Crippen LogP) is 1.81. The maximum absolute atomic E-state index is 13.2. The molecule has 4 heterocycles. The number of hydrogen-bond acceptors (Lipinski definition) is 6. The molecule has 1 amide bonds. The molecule has 24 heavy (non-hydrogen) atoms. The first-order valence-electron chi connectivity index (χ1n) is 8.65. The molecule has 8 heteroatoms. The molecule has 7 nitrogen and oxygen atoms in total. The van der Waals surface area contributed by atoms with Gasteiger partial charge in [-0.3, -0.25) is 9.69 Å². The van der Waals surface area contributed by atoms with E-state index in [1.165, 1.54) is 30.5 Å². The zero-order valence-corrected chi connectivity index (χ0v) is 14.7. The summed E-state index contributed by atoms with van der Waals surface area (Å²) in [6.07, 6.45) is 6.18. The fraction of sp³-hybridized carbons (Fsp3) is 0.625. The van der Waals surface area contributed by atoms with Crippen LogP contribution in [0.3, 0.4) is 0 Å². The maximum atomic E-state index is 13.2. The van der Waals surface area contributed by atoms with Crippen molar-refractivity contribution in [2.45, 2.75) is 44.7 Å². The molecule has 128 valence electrons. The van der Waals surface area contributed by atoms with Gasteiger partial charge in [-0.1, -0.05) is 6.92 Å². The SMILES string of the molecule is CCN1CCC[C@@H]1[C@H]1CCCN1C(=O)c1sccc1-n1cnnn1. The van der Waals surface area contributed by atoms with Gasteiger partial charge in [-0.05, 0) is 60.6 Å². The highest BCUT2D eigenvalue weighted by molar-refractivity contribution is 7.12. The number of aromatic nitrogens is 4. The molecule has 0 N–H and O–H groups in total. The molecule has 2 saturated heterocycles. The average Bonchev–Trinajstić information content (AvgIpc) is 3.41. The second-order valence-corrected chi connectivity index (χ2v) is 7.35. The normalized spacial score (nSPS) is 24.8. The molecule has 2 aromatic rings. The number of nitrogens with zero attached hydrogens (tertiary/aromatic N) is 6. The minimum absolute atomic E-state index is 0.126. The van der Waals surface area contributed by atoms with E-state index in [1.54, 1.807) is 4.68 Å². The number of carbonyl (C=O) groups excluding carboxylic acids is 1. The molecule has 2 aromatic heterocycles. The van der Waals surface area contributed by atoms with Crippen LogP contribution in [-0.4, -0.2) is 67.6 Å². The Morgan fingerprint density at radius 3 is 2.92 bits per heavy atom. The summed E-state index contributed by atoms with van der Waals surface area (Å²) >= 11 is 1.47. The van der Waals surface area contributed by atoms with Crippen LogP contribution < -0.4 is 0 Å². The highest BCUT2D eigenvalue weighted by Gasteiger charge is 2.40. The van der Waals surface area contributed by atoms with Gasteiger partial charge in [0, 0.05) is 18.6 Å². The molecular weight excluding hydrogens is 324 g/mol. The van der Waals surface area contributed by atoms with E-state index in [2.05, 4.69) is 32.2 Å². The summed E-state index contributed by atoms with van der Waals surface area (Å²) in [7, 11) is 0. The lowest BCUT2D eigenvalue weighted by atomic mass is 10.0. The maximum Gasteiger partial charge on any atom is 0.266 e. The van der Waals surface area contributed by atoms with E-state index in [-0.39, 0.29) is 5.91 Å². The third-order valence-electron chi connectivity index (χ3n) is 5.26. The van der Waals surface area contributed by atoms with Crippen molar-refractivity contribution in [3.8, 4) is 5.69 Å². The van der Waals surface area contributed by atoms with Gasteiger partial charge in [-0.2, -0.15) is 4.68 Å². The predicted molar refractivity (Wildman–Crippen MR) is 91.4 cm³/mol. The molecule has 0 saturated carbocycles. The molecule has 0 aliphatic carbocycles. The van der Waals surface area contributed by atoms with Crippen molar-refractivity contribution in [2.24, 2.45) is 0 Å². The summed E-state index contributed by atoms with van der Waals surface area (Å²) in [5, 5.41) is 13.2. The van der Waals surface area contributed by atoms with E-state index in [0.29, 0.717) is 12.1 Å². The van der Waals surface area contributed by atoms with Crippen molar-refractivity contribution in [2.75, 3.05) is 19.6 Å². The number of likely N-dealkylation sites (tertiary alicyclic amines) is 2. The van der Waals surface area contributed by atoms with E-state index in [4.69, 9.17) is 0 Å². The summed E-state index contributed by atoms with van der Waals surface area (Å²) in [5.74, 6) is 0.126. The molecule has 0 unspecified atom stereocenters. The Bertz CT molecular complexity index is 699. The van der Waals surface area contributed by atoms with Crippen LogP contribution in [0.1, 0.15) is 42.3 Å². The van der Waals surface area contributed by atoms with Crippen LogP contribution in [0.2, 0.25) is 0 Å². The zero-order chi connectivity index (χ0) is 16.5. The number of thiophene rings is 1. The summed E-state index contributed by atoms with van der Waals surface area (Å²) < 4.78 is 1.57.